The minimum Gasteiger partial charge on any atom is -0.494 e. The van der Waals surface area contributed by atoms with E-state index in [-0.39, 0.29) is 6.61 Å². The van der Waals surface area contributed by atoms with Crippen molar-refractivity contribution < 1.29 is 23.8 Å². The summed E-state index contributed by atoms with van der Waals surface area (Å²) >= 11 is 0. The van der Waals surface area contributed by atoms with E-state index in [9.17, 15) is 9.59 Å². The fourth-order valence-corrected chi connectivity index (χ4v) is 2.17. The molecule has 2 aromatic rings. The number of methoxy groups -OCH3 is 1. The quantitative estimate of drug-likeness (QED) is 0.746. The van der Waals surface area contributed by atoms with Crippen LogP contribution in [0.25, 0.3) is 0 Å². The zero-order valence-electron chi connectivity index (χ0n) is 14.3. The summed E-state index contributed by atoms with van der Waals surface area (Å²) in [7, 11) is 1.58. The van der Waals surface area contributed by atoms with Crippen molar-refractivity contribution in [2.24, 2.45) is 0 Å². The Morgan fingerprint density at radius 3 is 2.52 bits per heavy atom. The van der Waals surface area contributed by atoms with Gasteiger partial charge in [-0.3, -0.25) is 4.79 Å². The average molecular weight is 343 g/mol. The van der Waals surface area contributed by atoms with Crippen molar-refractivity contribution in [1.82, 2.24) is 0 Å². The summed E-state index contributed by atoms with van der Waals surface area (Å²) < 4.78 is 15.4. The molecule has 0 aliphatic carbocycles. The maximum atomic E-state index is 12.0. The highest BCUT2D eigenvalue weighted by Crippen LogP contribution is 2.15. The van der Waals surface area contributed by atoms with Gasteiger partial charge in [-0.15, -0.1) is 0 Å². The van der Waals surface area contributed by atoms with E-state index < -0.39 is 11.9 Å². The first-order chi connectivity index (χ1) is 12.1. The van der Waals surface area contributed by atoms with Crippen LogP contribution in [0.15, 0.2) is 48.5 Å². The minimum atomic E-state index is -0.556. The summed E-state index contributed by atoms with van der Waals surface area (Å²) in [6, 6.07) is 13.8. The smallest absolute Gasteiger partial charge is 0.338 e. The molecule has 6 heteroatoms. The van der Waals surface area contributed by atoms with Gasteiger partial charge in [-0.1, -0.05) is 12.1 Å². The number of hydrogen-bond acceptors (Lipinski definition) is 5. The van der Waals surface area contributed by atoms with Crippen molar-refractivity contribution in [1.29, 1.82) is 0 Å². The summed E-state index contributed by atoms with van der Waals surface area (Å²) in [5.74, 6) is -0.242. The zero-order valence-corrected chi connectivity index (χ0v) is 14.3. The Hall–Kier alpha value is -2.86. The summed E-state index contributed by atoms with van der Waals surface area (Å²) in [6.45, 7) is 2.52. The second-order valence-corrected chi connectivity index (χ2v) is 5.22. The number of amides is 1. The molecule has 1 N–H and O–H groups in total. The molecule has 0 spiro atoms. The van der Waals surface area contributed by atoms with Crippen LogP contribution in [0.3, 0.4) is 0 Å². The topological polar surface area (TPSA) is 73.9 Å². The second kappa shape index (κ2) is 9.44. The van der Waals surface area contributed by atoms with Gasteiger partial charge in [0, 0.05) is 12.8 Å². The lowest BCUT2D eigenvalue weighted by Gasteiger charge is -2.08. The molecule has 0 bridgehead atoms. The number of esters is 1. The molecule has 0 aromatic heterocycles. The molecule has 0 atom stereocenters. The highest BCUT2D eigenvalue weighted by Gasteiger charge is 2.11. The van der Waals surface area contributed by atoms with Crippen LogP contribution in [0.1, 0.15) is 22.8 Å². The van der Waals surface area contributed by atoms with Crippen molar-refractivity contribution in [3.05, 3.63) is 59.7 Å². The van der Waals surface area contributed by atoms with E-state index in [4.69, 9.17) is 14.2 Å². The van der Waals surface area contributed by atoms with E-state index >= 15 is 0 Å². The third-order valence-electron chi connectivity index (χ3n) is 3.26. The first kappa shape index (κ1) is 18.5. The molecule has 1 amide bonds. The highest BCUT2D eigenvalue weighted by atomic mass is 16.5. The van der Waals surface area contributed by atoms with Gasteiger partial charge in [0.25, 0.3) is 5.91 Å². The van der Waals surface area contributed by atoms with Crippen LogP contribution in [-0.2, 0) is 20.9 Å². The van der Waals surface area contributed by atoms with E-state index in [1.54, 1.807) is 49.6 Å². The molecule has 0 fully saturated rings. The number of rotatable bonds is 8. The predicted molar refractivity (Wildman–Crippen MR) is 93.7 cm³/mol. The van der Waals surface area contributed by atoms with E-state index in [0.717, 1.165) is 11.3 Å². The summed E-state index contributed by atoms with van der Waals surface area (Å²) in [6.07, 6.45) is 0. The molecule has 0 saturated carbocycles. The number of anilines is 1. The standard InChI is InChI=1S/C19H21NO5/c1-3-24-17-9-7-16(8-10-17)20-18(21)13-25-19(22)15-6-4-5-14(11-15)12-23-2/h4-11H,3,12-13H2,1-2H3,(H,20,21). The molecular formula is C19H21NO5. The van der Waals surface area contributed by atoms with Crippen LogP contribution < -0.4 is 10.1 Å². The van der Waals surface area contributed by atoms with Crippen LogP contribution in [-0.4, -0.2) is 32.2 Å². The Morgan fingerprint density at radius 1 is 1.08 bits per heavy atom. The molecule has 0 aliphatic heterocycles. The molecule has 2 rings (SSSR count). The Kier molecular flexibility index (Phi) is 6.98. The largest absolute Gasteiger partial charge is 0.494 e. The molecule has 6 nitrogen and oxygen atoms in total. The monoisotopic (exact) mass is 343 g/mol. The minimum absolute atomic E-state index is 0.361. The summed E-state index contributed by atoms with van der Waals surface area (Å²) in [5, 5.41) is 2.66. The van der Waals surface area contributed by atoms with Crippen molar-refractivity contribution >= 4 is 17.6 Å². The first-order valence-electron chi connectivity index (χ1n) is 7.90. The van der Waals surface area contributed by atoms with Gasteiger partial charge in [-0.2, -0.15) is 0 Å². The molecule has 0 heterocycles. The number of benzene rings is 2. The van der Waals surface area contributed by atoms with Gasteiger partial charge in [0.15, 0.2) is 6.61 Å². The van der Waals surface area contributed by atoms with Crippen LogP contribution in [0, 0.1) is 0 Å². The van der Waals surface area contributed by atoms with Gasteiger partial charge in [0.05, 0.1) is 18.8 Å². The number of ether oxygens (including phenoxy) is 3. The molecular weight excluding hydrogens is 322 g/mol. The van der Waals surface area contributed by atoms with E-state index in [1.807, 2.05) is 13.0 Å². The van der Waals surface area contributed by atoms with Crippen molar-refractivity contribution in [3.8, 4) is 5.75 Å². The number of carbonyl (C=O) groups is 2. The van der Waals surface area contributed by atoms with Gasteiger partial charge in [-0.25, -0.2) is 4.79 Å². The third-order valence-corrected chi connectivity index (χ3v) is 3.26. The van der Waals surface area contributed by atoms with E-state index in [0.29, 0.717) is 24.5 Å². The first-order valence-corrected chi connectivity index (χ1v) is 7.90. The molecule has 0 unspecified atom stereocenters. The molecule has 2 aromatic carbocycles. The molecule has 25 heavy (non-hydrogen) atoms. The molecule has 0 saturated heterocycles. The van der Waals surface area contributed by atoms with E-state index in [2.05, 4.69) is 5.32 Å². The van der Waals surface area contributed by atoms with Crippen molar-refractivity contribution in [2.75, 3.05) is 25.6 Å². The Bertz CT molecular complexity index is 712. The molecule has 132 valence electrons. The fourth-order valence-electron chi connectivity index (χ4n) is 2.17. The predicted octanol–water partition coefficient (Wildman–Crippen LogP) is 3.03. The maximum Gasteiger partial charge on any atom is 0.338 e. The number of nitrogens with one attached hydrogen (secondary N) is 1. The molecule has 0 aliphatic rings. The lowest BCUT2D eigenvalue weighted by atomic mass is 10.1. The molecule has 0 radical (unpaired) electrons. The van der Waals surface area contributed by atoms with Gasteiger partial charge < -0.3 is 19.5 Å². The van der Waals surface area contributed by atoms with Crippen LogP contribution in [0.5, 0.6) is 5.75 Å². The Morgan fingerprint density at radius 2 is 1.84 bits per heavy atom. The number of hydrogen-bond donors (Lipinski definition) is 1. The van der Waals surface area contributed by atoms with Crippen molar-refractivity contribution in [2.45, 2.75) is 13.5 Å². The highest BCUT2D eigenvalue weighted by molar-refractivity contribution is 5.95. The second-order valence-electron chi connectivity index (χ2n) is 5.22. The lowest BCUT2D eigenvalue weighted by molar-refractivity contribution is -0.119. The van der Waals surface area contributed by atoms with Gasteiger partial charge in [-0.05, 0) is 48.9 Å². The van der Waals surface area contributed by atoms with Gasteiger partial charge in [0.2, 0.25) is 0 Å². The fraction of sp³-hybridized carbons (Fsp3) is 0.263. The average Bonchev–Trinajstić information content (AvgIpc) is 2.62. The normalized spacial score (nSPS) is 10.2. The van der Waals surface area contributed by atoms with Crippen LogP contribution in [0.4, 0.5) is 5.69 Å². The lowest BCUT2D eigenvalue weighted by Crippen LogP contribution is -2.21. The Balaban J connectivity index is 1.84. The van der Waals surface area contributed by atoms with E-state index in [1.165, 1.54) is 0 Å². The van der Waals surface area contributed by atoms with Crippen LogP contribution in [0.2, 0.25) is 0 Å². The zero-order chi connectivity index (χ0) is 18.1. The Labute approximate surface area is 146 Å². The van der Waals surface area contributed by atoms with Crippen LogP contribution >= 0.6 is 0 Å². The SMILES string of the molecule is CCOc1ccc(NC(=O)COC(=O)c2cccc(COC)c2)cc1. The summed E-state index contributed by atoms with van der Waals surface area (Å²) in [5.41, 5.74) is 1.84. The number of carbonyl (C=O) groups excluding carboxylic acids is 2. The van der Waals surface area contributed by atoms with Crippen molar-refractivity contribution in [3.63, 3.8) is 0 Å². The van der Waals surface area contributed by atoms with Gasteiger partial charge in [0.1, 0.15) is 5.75 Å². The summed E-state index contributed by atoms with van der Waals surface area (Å²) in [4.78, 5) is 23.9. The third kappa shape index (κ3) is 5.93. The van der Waals surface area contributed by atoms with Gasteiger partial charge >= 0.3 is 5.97 Å². The maximum absolute atomic E-state index is 12.0.